The molecule has 0 fully saturated rings. The summed E-state index contributed by atoms with van der Waals surface area (Å²) in [6.45, 7) is 1.35. The number of carboxylic acids is 1. The number of carboxylic acid groups (broad SMARTS) is 1. The van der Waals surface area contributed by atoms with Gasteiger partial charge in [-0.2, -0.15) is 0 Å². The average Bonchev–Trinajstić information content (AvgIpc) is 2.39. The van der Waals surface area contributed by atoms with Crippen molar-refractivity contribution in [3.8, 4) is 16.9 Å². The zero-order valence-corrected chi connectivity index (χ0v) is 11.5. The first kappa shape index (κ1) is 15.7. The first-order chi connectivity index (χ1) is 9.06. The number of carbonyl (C=O) groups is 2. The Balaban J connectivity index is 0.00000200. The van der Waals surface area contributed by atoms with E-state index in [2.05, 4.69) is 0 Å². The van der Waals surface area contributed by atoms with Gasteiger partial charge in [0, 0.05) is 6.92 Å². The lowest BCUT2D eigenvalue weighted by Gasteiger charge is -2.04. The highest BCUT2D eigenvalue weighted by molar-refractivity contribution is 5.88. The molecule has 5 heteroatoms. The standard InChI is InChI=1S/C15H12O4.ClH/c1-10(16)19-14-8-6-12(7-9-14)11-2-4-13(5-3-11)15(17)18;/h2-9H,1H3,(H,17,18);1H. The van der Waals surface area contributed by atoms with Crippen molar-refractivity contribution < 1.29 is 19.4 Å². The van der Waals surface area contributed by atoms with Gasteiger partial charge in [-0.05, 0) is 35.4 Å². The molecule has 4 nitrogen and oxygen atoms in total. The fraction of sp³-hybridized carbons (Fsp3) is 0.0667. The van der Waals surface area contributed by atoms with Crippen molar-refractivity contribution in [2.75, 3.05) is 0 Å². The largest absolute Gasteiger partial charge is 0.478 e. The van der Waals surface area contributed by atoms with E-state index in [0.29, 0.717) is 5.75 Å². The van der Waals surface area contributed by atoms with Crippen molar-refractivity contribution >= 4 is 24.3 Å². The molecule has 2 aromatic carbocycles. The van der Waals surface area contributed by atoms with Gasteiger partial charge in [-0.3, -0.25) is 4.79 Å². The van der Waals surface area contributed by atoms with Crippen LogP contribution in [-0.2, 0) is 4.79 Å². The number of hydrogen-bond donors (Lipinski definition) is 1. The topological polar surface area (TPSA) is 63.6 Å². The van der Waals surface area contributed by atoms with Crippen LogP contribution in [0.2, 0.25) is 0 Å². The molecule has 0 radical (unpaired) electrons. The van der Waals surface area contributed by atoms with E-state index in [1.807, 2.05) is 12.1 Å². The predicted octanol–water partition coefficient (Wildman–Crippen LogP) is 3.40. The van der Waals surface area contributed by atoms with Crippen molar-refractivity contribution in [3.05, 3.63) is 54.1 Å². The highest BCUT2D eigenvalue weighted by Crippen LogP contribution is 2.22. The molecule has 0 spiro atoms. The molecule has 0 saturated heterocycles. The quantitative estimate of drug-likeness (QED) is 0.695. The number of esters is 1. The summed E-state index contributed by atoms with van der Waals surface area (Å²) in [4.78, 5) is 21.5. The van der Waals surface area contributed by atoms with Crippen molar-refractivity contribution in [3.63, 3.8) is 0 Å². The van der Waals surface area contributed by atoms with Gasteiger partial charge in [0.15, 0.2) is 0 Å². The fourth-order valence-electron chi connectivity index (χ4n) is 1.69. The Morgan fingerprint density at radius 2 is 1.35 bits per heavy atom. The maximum atomic E-state index is 10.8. The maximum absolute atomic E-state index is 10.8. The van der Waals surface area contributed by atoms with Crippen LogP contribution >= 0.6 is 12.4 Å². The molecule has 104 valence electrons. The second-order valence-electron chi connectivity index (χ2n) is 4.00. The molecule has 0 aliphatic heterocycles. The van der Waals surface area contributed by atoms with Gasteiger partial charge in [0.2, 0.25) is 0 Å². The minimum atomic E-state index is -0.947. The van der Waals surface area contributed by atoms with Gasteiger partial charge in [0.1, 0.15) is 5.75 Å². The second-order valence-corrected chi connectivity index (χ2v) is 4.00. The number of benzene rings is 2. The van der Waals surface area contributed by atoms with E-state index < -0.39 is 5.97 Å². The van der Waals surface area contributed by atoms with E-state index in [0.717, 1.165) is 11.1 Å². The lowest BCUT2D eigenvalue weighted by atomic mass is 10.0. The van der Waals surface area contributed by atoms with E-state index in [-0.39, 0.29) is 23.9 Å². The number of aromatic carboxylic acids is 1. The Morgan fingerprint density at radius 1 is 0.900 bits per heavy atom. The monoisotopic (exact) mass is 292 g/mol. The molecule has 0 bridgehead atoms. The van der Waals surface area contributed by atoms with Crippen LogP contribution in [0.3, 0.4) is 0 Å². The smallest absolute Gasteiger partial charge is 0.335 e. The van der Waals surface area contributed by atoms with E-state index in [1.165, 1.54) is 6.92 Å². The summed E-state index contributed by atoms with van der Waals surface area (Å²) in [5.74, 6) is -0.825. The molecular formula is C15H13ClO4. The van der Waals surface area contributed by atoms with E-state index in [9.17, 15) is 9.59 Å². The highest BCUT2D eigenvalue weighted by atomic mass is 35.5. The Kier molecular flexibility index (Phi) is 5.29. The molecule has 0 unspecified atom stereocenters. The van der Waals surface area contributed by atoms with Crippen LogP contribution in [0.4, 0.5) is 0 Å². The first-order valence-corrected chi connectivity index (χ1v) is 5.68. The molecule has 20 heavy (non-hydrogen) atoms. The number of carbonyl (C=O) groups excluding carboxylic acids is 1. The van der Waals surface area contributed by atoms with Gasteiger partial charge in [0.25, 0.3) is 0 Å². The average molecular weight is 293 g/mol. The van der Waals surface area contributed by atoms with Crippen molar-refractivity contribution in [1.82, 2.24) is 0 Å². The Hall–Kier alpha value is -2.33. The summed E-state index contributed by atoms with van der Waals surface area (Å²) in [5.41, 5.74) is 2.08. The van der Waals surface area contributed by atoms with Crippen LogP contribution in [0.5, 0.6) is 5.75 Å². The third kappa shape index (κ3) is 3.83. The maximum Gasteiger partial charge on any atom is 0.335 e. The minimum Gasteiger partial charge on any atom is -0.478 e. The van der Waals surface area contributed by atoms with E-state index >= 15 is 0 Å². The van der Waals surface area contributed by atoms with E-state index in [1.54, 1.807) is 36.4 Å². The second kappa shape index (κ2) is 6.73. The summed E-state index contributed by atoms with van der Waals surface area (Å²) in [6.07, 6.45) is 0. The van der Waals surface area contributed by atoms with Gasteiger partial charge in [-0.25, -0.2) is 4.79 Å². The lowest BCUT2D eigenvalue weighted by molar-refractivity contribution is -0.131. The van der Waals surface area contributed by atoms with Crippen molar-refractivity contribution in [1.29, 1.82) is 0 Å². The van der Waals surface area contributed by atoms with Crippen LogP contribution in [0.15, 0.2) is 48.5 Å². The normalized spacial score (nSPS) is 9.45. The molecule has 0 saturated carbocycles. The van der Waals surface area contributed by atoms with Crippen molar-refractivity contribution in [2.45, 2.75) is 6.92 Å². The SMILES string of the molecule is CC(=O)Oc1ccc(-c2ccc(C(=O)O)cc2)cc1.Cl. The Morgan fingerprint density at radius 3 is 1.75 bits per heavy atom. The molecule has 1 N–H and O–H groups in total. The van der Waals surface area contributed by atoms with Gasteiger partial charge in [0.05, 0.1) is 5.56 Å². The summed E-state index contributed by atoms with van der Waals surface area (Å²) in [6, 6.07) is 13.6. The van der Waals surface area contributed by atoms with Crippen LogP contribution < -0.4 is 4.74 Å². The van der Waals surface area contributed by atoms with Crippen LogP contribution in [0.1, 0.15) is 17.3 Å². The number of hydrogen-bond acceptors (Lipinski definition) is 3. The molecule has 2 rings (SSSR count). The minimum absolute atomic E-state index is 0. The van der Waals surface area contributed by atoms with Crippen LogP contribution in [0.25, 0.3) is 11.1 Å². The molecule has 0 heterocycles. The third-order valence-electron chi connectivity index (χ3n) is 2.58. The van der Waals surface area contributed by atoms with Gasteiger partial charge >= 0.3 is 11.9 Å². The molecular weight excluding hydrogens is 280 g/mol. The fourth-order valence-corrected chi connectivity index (χ4v) is 1.69. The molecule has 0 aliphatic carbocycles. The lowest BCUT2D eigenvalue weighted by Crippen LogP contribution is -2.00. The van der Waals surface area contributed by atoms with Gasteiger partial charge < -0.3 is 9.84 Å². The molecule has 0 amide bonds. The number of rotatable bonds is 3. The summed E-state index contributed by atoms with van der Waals surface area (Å²) in [5, 5.41) is 8.82. The molecule has 0 aromatic heterocycles. The number of halogens is 1. The molecule has 2 aromatic rings. The van der Waals surface area contributed by atoms with Crippen molar-refractivity contribution in [2.24, 2.45) is 0 Å². The number of ether oxygens (including phenoxy) is 1. The summed E-state index contributed by atoms with van der Waals surface area (Å²) < 4.78 is 4.94. The predicted molar refractivity (Wildman–Crippen MR) is 77.4 cm³/mol. The van der Waals surface area contributed by atoms with Crippen LogP contribution in [-0.4, -0.2) is 17.0 Å². The van der Waals surface area contributed by atoms with Gasteiger partial charge in [-0.15, -0.1) is 12.4 Å². The first-order valence-electron chi connectivity index (χ1n) is 5.68. The molecule has 0 atom stereocenters. The molecule has 0 aliphatic rings. The summed E-state index contributed by atoms with van der Waals surface area (Å²) in [7, 11) is 0. The Bertz CT molecular complexity index is 603. The zero-order chi connectivity index (χ0) is 13.8. The van der Waals surface area contributed by atoms with Crippen LogP contribution in [0, 0.1) is 0 Å². The highest BCUT2D eigenvalue weighted by Gasteiger charge is 2.04. The van der Waals surface area contributed by atoms with Gasteiger partial charge in [-0.1, -0.05) is 24.3 Å². The zero-order valence-electron chi connectivity index (χ0n) is 10.7. The Labute approximate surface area is 122 Å². The van der Waals surface area contributed by atoms with E-state index in [4.69, 9.17) is 9.84 Å². The summed E-state index contributed by atoms with van der Waals surface area (Å²) >= 11 is 0. The third-order valence-corrected chi connectivity index (χ3v) is 2.58.